The number of rotatable bonds is 5. The number of H-pyrrole nitrogens is 1. The number of aryl methyl sites for hydroxylation is 1. The zero-order chi connectivity index (χ0) is 20.3. The van der Waals surface area contributed by atoms with Gasteiger partial charge in [0.2, 0.25) is 5.91 Å². The molecule has 0 saturated carbocycles. The summed E-state index contributed by atoms with van der Waals surface area (Å²) < 4.78 is 1.18. The molecule has 1 aliphatic heterocycles. The third-order valence-electron chi connectivity index (χ3n) is 5.66. The molecule has 0 unspecified atom stereocenters. The number of carbonyl (C=O) groups excluding carboxylic acids is 1. The number of benzene rings is 2. The Hall–Kier alpha value is -3.06. The number of aromatic amines is 1. The lowest BCUT2D eigenvalue weighted by atomic mass is 9.96. The summed E-state index contributed by atoms with van der Waals surface area (Å²) in [5, 5.41) is 8.52. The van der Waals surface area contributed by atoms with Gasteiger partial charge in [-0.15, -0.1) is 11.3 Å². The minimum absolute atomic E-state index is 0.218. The van der Waals surface area contributed by atoms with Crippen molar-refractivity contribution in [2.75, 3.05) is 13.1 Å². The molecule has 1 aliphatic rings. The van der Waals surface area contributed by atoms with Crippen LogP contribution in [0.5, 0.6) is 0 Å². The summed E-state index contributed by atoms with van der Waals surface area (Å²) in [7, 11) is 0. The molecule has 2 aromatic heterocycles. The summed E-state index contributed by atoms with van der Waals surface area (Å²) in [6.45, 7) is 1.54. The van der Waals surface area contributed by atoms with Crippen molar-refractivity contribution < 1.29 is 4.79 Å². The first-order chi connectivity index (χ1) is 14.8. The van der Waals surface area contributed by atoms with Crippen LogP contribution in [-0.2, 0) is 11.2 Å². The number of nitrogens with one attached hydrogen (secondary N) is 1. The van der Waals surface area contributed by atoms with Gasteiger partial charge in [-0.25, -0.2) is 9.97 Å². The molecular formula is C23H23N5OS. The van der Waals surface area contributed by atoms with Crippen molar-refractivity contribution >= 4 is 27.5 Å². The van der Waals surface area contributed by atoms with Gasteiger partial charge in [0.15, 0.2) is 5.82 Å². The molecule has 0 bridgehead atoms. The van der Waals surface area contributed by atoms with Crippen LogP contribution in [0.2, 0.25) is 0 Å². The minimum atomic E-state index is 0.218. The second kappa shape index (κ2) is 8.36. The van der Waals surface area contributed by atoms with Gasteiger partial charge < -0.3 is 4.90 Å². The molecule has 3 heterocycles. The number of nitrogens with zero attached hydrogens (tertiary/aromatic N) is 4. The Morgan fingerprint density at radius 3 is 2.60 bits per heavy atom. The van der Waals surface area contributed by atoms with Crippen molar-refractivity contribution in [3.05, 3.63) is 65.4 Å². The number of fused-ring (bicyclic) bond motifs is 1. The molecule has 0 spiro atoms. The average molecular weight is 418 g/mol. The van der Waals surface area contributed by atoms with Crippen LogP contribution in [0.3, 0.4) is 0 Å². The van der Waals surface area contributed by atoms with Crippen LogP contribution >= 0.6 is 11.3 Å². The molecule has 1 fully saturated rings. The molecule has 7 heteroatoms. The monoisotopic (exact) mass is 417 g/mol. The van der Waals surface area contributed by atoms with Crippen LogP contribution in [0.25, 0.3) is 21.6 Å². The number of hydrogen-bond acceptors (Lipinski definition) is 5. The van der Waals surface area contributed by atoms with Gasteiger partial charge in [-0.2, -0.15) is 5.10 Å². The van der Waals surface area contributed by atoms with E-state index in [1.54, 1.807) is 11.3 Å². The van der Waals surface area contributed by atoms with Gasteiger partial charge in [0.05, 0.1) is 15.2 Å². The minimum Gasteiger partial charge on any atom is -0.343 e. The van der Waals surface area contributed by atoms with Crippen molar-refractivity contribution in [1.82, 2.24) is 25.1 Å². The summed E-state index contributed by atoms with van der Waals surface area (Å²) in [5.74, 6) is 2.20. The van der Waals surface area contributed by atoms with E-state index < -0.39 is 0 Å². The number of thiazole rings is 1. The maximum absolute atomic E-state index is 12.7. The lowest BCUT2D eigenvalue weighted by molar-refractivity contribution is -0.132. The molecule has 1 amide bonds. The summed E-state index contributed by atoms with van der Waals surface area (Å²) >= 11 is 1.68. The summed E-state index contributed by atoms with van der Waals surface area (Å²) in [6.07, 6.45) is 3.05. The lowest BCUT2D eigenvalue weighted by Crippen LogP contribution is -2.38. The van der Waals surface area contributed by atoms with Gasteiger partial charge in [0.1, 0.15) is 5.82 Å². The molecule has 0 aliphatic carbocycles. The van der Waals surface area contributed by atoms with E-state index in [9.17, 15) is 4.79 Å². The summed E-state index contributed by atoms with van der Waals surface area (Å²) in [4.78, 5) is 24.0. The second-order valence-corrected chi connectivity index (χ2v) is 8.76. The number of para-hydroxylation sites is 1. The van der Waals surface area contributed by atoms with Crippen molar-refractivity contribution in [2.45, 2.75) is 31.6 Å². The smallest absolute Gasteiger partial charge is 0.222 e. The predicted molar refractivity (Wildman–Crippen MR) is 118 cm³/mol. The van der Waals surface area contributed by atoms with E-state index >= 15 is 0 Å². The fourth-order valence-electron chi connectivity index (χ4n) is 3.97. The zero-order valence-corrected chi connectivity index (χ0v) is 17.4. The van der Waals surface area contributed by atoms with Crippen molar-refractivity contribution in [3.63, 3.8) is 0 Å². The van der Waals surface area contributed by atoms with E-state index in [0.717, 1.165) is 53.7 Å². The number of piperidine rings is 1. The molecular weight excluding hydrogens is 394 g/mol. The Bertz CT molecular complexity index is 1110. The highest BCUT2D eigenvalue weighted by Gasteiger charge is 2.26. The molecule has 0 radical (unpaired) electrons. The summed E-state index contributed by atoms with van der Waals surface area (Å²) in [5.41, 5.74) is 2.04. The third-order valence-corrected chi connectivity index (χ3v) is 6.76. The van der Waals surface area contributed by atoms with Gasteiger partial charge in [0.25, 0.3) is 0 Å². The fraction of sp³-hybridized carbons (Fsp3) is 0.304. The molecule has 1 N–H and O–H groups in total. The molecule has 4 aromatic rings. The van der Waals surface area contributed by atoms with Crippen molar-refractivity contribution in [3.8, 4) is 11.4 Å². The zero-order valence-electron chi connectivity index (χ0n) is 16.6. The van der Waals surface area contributed by atoms with E-state index in [0.29, 0.717) is 18.8 Å². The van der Waals surface area contributed by atoms with Gasteiger partial charge in [0, 0.05) is 37.4 Å². The number of likely N-dealkylation sites (tertiary alicyclic amines) is 1. The van der Waals surface area contributed by atoms with Crippen molar-refractivity contribution in [1.29, 1.82) is 0 Å². The molecule has 2 aromatic carbocycles. The first-order valence-corrected chi connectivity index (χ1v) is 11.2. The van der Waals surface area contributed by atoms with E-state index in [-0.39, 0.29) is 5.91 Å². The Labute approximate surface area is 179 Å². The maximum Gasteiger partial charge on any atom is 0.222 e. The fourth-order valence-corrected chi connectivity index (χ4v) is 4.94. The number of amides is 1. The largest absolute Gasteiger partial charge is 0.343 e. The van der Waals surface area contributed by atoms with Gasteiger partial charge in [-0.05, 0) is 25.0 Å². The highest BCUT2D eigenvalue weighted by Crippen LogP contribution is 2.28. The van der Waals surface area contributed by atoms with Crippen LogP contribution in [0.4, 0.5) is 0 Å². The summed E-state index contributed by atoms with van der Waals surface area (Å²) in [6, 6.07) is 18.1. The van der Waals surface area contributed by atoms with E-state index in [1.165, 1.54) is 4.70 Å². The molecule has 1 saturated heterocycles. The highest BCUT2D eigenvalue weighted by molar-refractivity contribution is 7.18. The lowest BCUT2D eigenvalue weighted by Gasteiger charge is -2.31. The van der Waals surface area contributed by atoms with Crippen LogP contribution in [-0.4, -0.2) is 44.1 Å². The molecule has 6 nitrogen and oxygen atoms in total. The molecule has 30 heavy (non-hydrogen) atoms. The Morgan fingerprint density at radius 2 is 1.80 bits per heavy atom. The average Bonchev–Trinajstić information content (AvgIpc) is 3.45. The molecule has 0 atom stereocenters. The molecule has 152 valence electrons. The number of aromatic nitrogens is 4. The standard InChI is InChI=1S/C23H23N5OS/c29-21(11-10-20-24-18-8-4-5-9-19(18)30-20)28-14-12-17(13-15-28)23-25-22(26-27-23)16-6-2-1-3-7-16/h1-9,17H,10-15H2,(H,25,26,27). The maximum atomic E-state index is 12.7. The van der Waals surface area contributed by atoms with E-state index in [2.05, 4.69) is 21.2 Å². The normalized spacial score (nSPS) is 15.0. The predicted octanol–water partition coefficient (Wildman–Crippen LogP) is 4.42. The van der Waals surface area contributed by atoms with E-state index in [1.807, 2.05) is 53.4 Å². The topological polar surface area (TPSA) is 74.8 Å². The number of carbonyl (C=O) groups is 1. The van der Waals surface area contributed by atoms with Crippen LogP contribution in [0.1, 0.15) is 36.0 Å². The quantitative estimate of drug-likeness (QED) is 0.522. The number of hydrogen-bond donors (Lipinski definition) is 1. The van der Waals surface area contributed by atoms with Crippen LogP contribution < -0.4 is 0 Å². The van der Waals surface area contributed by atoms with Gasteiger partial charge >= 0.3 is 0 Å². The second-order valence-electron chi connectivity index (χ2n) is 7.64. The first-order valence-electron chi connectivity index (χ1n) is 10.4. The van der Waals surface area contributed by atoms with Crippen molar-refractivity contribution in [2.24, 2.45) is 0 Å². The van der Waals surface area contributed by atoms with Gasteiger partial charge in [-0.1, -0.05) is 42.5 Å². The van der Waals surface area contributed by atoms with Crippen LogP contribution in [0.15, 0.2) is 54.6 Å². The third kappa shape index (κ3) is 3.98. The Kier molecular flexibility index (Phi) is 5.27. The first kappa shape index (κ1) is 18.9. The van der Waals surface area contributed by atoms with Gasteiger partial charge in [-0.3, -0.25) is 9.89 Å². The molecule has 5 rings (SSSR count). The Balaban J connectivity index is 1.15. The van der Waals surface area contributed by atoms with Crippen LogP contribution in [0, 0.1) is 0 Å². The highest BCUT2D eigenvalue weighted by atomic mass is 32.1. The SMILES string of the molecule is O=C(CCc1nc2ccccc2s1)N1CCC(c2nc(-c3ccccc3)n[nH]2)CC1. The van der Waals surface area contributed by atoms with E-state index in [4.69, 9.17) is 4.98 Å². The Morgan fingerprint density at radius 1 is 1.03 bits per heavy atom.